The maximum atomic E-state index is 11.9. The molecule has 23 heavy (non-hydrogen) atoms. The Morgan fingerprint density at radius 3 is 2.91 bits per heavy atom. The van der Waals surface area contributed by atoms with Gasteiger partial charge >= 0.3 is 6.03 Å². The molecule has 0 radical (unpaired) electrons. The summed E-state index contributed by atoms with van der Waals surface area (Å²) < 4.78 is 5.80. The molecule has 1 aliphatic rings. The van der Waals surface area contributed by atoms with Gasteiger partial charge in [0.25, 0.3) is 0 Å². The number of hydrogen-bond acceptors (Lipinski definition) is 4. The lowest BCUT2D eigenvalue weighted by atomic mass is 9.97. The second kappa shape index (κ2) is 8.17. The molecule has 3 amide bonds. The number of nitrogens with one attached hydrogen (secondary N) is 1. The number of urea groups is 1. The first-order valence-corrected chi connectivity index (χ1v) is 8.07. The number of carbonyl (C=O) groups excluding carboxylic acids is 2. The number of halogens is 1. The molecule has 1 aromatic carbocycles. The number of nitrogens with zero attached hydrogens (tertiary/aromatic N) is 1. The zero-order valence-corrected chi connectivity index (χ0v) is 13.9. The number of benzene rings is 1. The molecule has 2 unspecified atom stereocenters. The highest BCUT2D eigenvalue weighted by Crippen LogP contribution is 2.25. The van der Waals surface area contributed by atoms with Gasteiger partial charge in [-0.15, -0.1) is 0 Å². The zero-order chi connectivity index (χ0) is 16.8. The molecule has 0 aromatic heterocycles. The van der Waals surface area contributed by atoms with E-state index in [4.69, 9.17) is 22.1 Å². The minimum atomic E-state index is -0.822. The number of amides is 3. The molecular formula is C16H22ClN3O3. The van der Waals surface area contributed by atoms with Crippen LogP contribution < -0.4 is 15.8 Å². The number of primary amides is 1. The van der Waals surface area contributed by atoms with Gasteiger partial charge in [0.1, 0.15) is 5.75 Å². The van der Waals surface area contributed by atoms with E-state index >= 15 is 0 Å². The maximum absolute atomic E-state index is 11.9. The molecule has 0 aliphatic carbocycles. The quantitative estimate of drug-likeness (QED) is 0.859. The molecule has 2 rings (SSSR count). The van der Waals surface area contributed by atoms with E-state index < -0.39 is 12.1 Å². The zero-order valence-electron chi connectivity index (χ0n) is 13.1. The molecule has 1 aliphatic heterocycles. The molecule has 1 heterocycles. The van der Waals surface area contributed by atoms with Gasteiger partial charge in [0.15, 0.2) is 0 Å². The number of carbonyl (C=O) groups is 2. The van der Waals surface area contributed by atoms with Crippen molar-refractivity contribution in [1.82, 2.24) is 10.2 Å². The van der Waals surface area contributed by atoms with Gasteiger partial charge in [-0.25, -0.2) is 4.79 Å². The van der Waals surface area contributed by atoms with Crippen molar-refractivity contribution in [1.29, 1.82) is 0 Å². The van der Waals surface area contributed by atoms with Gasteiger partial charge in [-0.1, -0.05) is 23.7 Å². The van der Waals surface area contributed by atoms with E-state index in [0.717, 1.165) is 25.9 Å². The third kappa shape index (κ3) is 5.11. The predicted molar refractivity (Wildman–Crippen MR) is 88.4 cm³/mol. The van der Waals surface area contributed by atoms with Crippen molar-refractivity contribution in [2.45, 2.75) is 25.8 Å². The van der Waals surface area contributed by atoms with Crippen LogP contribution in [0.5, 0.6) is 5.75 Å². The highest BCUT2D eigenvalue weighted by molar-refractivity contribution is 6.32. The maximum Gasteiger partial charge on any atom is 0.318 e. The molecule has 7 heteroatoms. The Morgan fingerprint density at radius 1 is 1.48 bits per heavy atom. The van der Waals surface area contributed by atoms with E-state index in [1.54, 1.807) is 13.0 Å². The van der Waals surface area contributed by atoms with Gasteiger partial charge in [-0.3, -0.25) is 15.0 Å². The van der Waals surface area contributed by atoms with Crippen molar-refractivity contribution < 1.29 is 14.3 Å². The van der Waals surface area contributed by atoms with E-state index in [1.807, 2.05) is 23.1 Å². The van der Waals surface area contributed by atoms with Crippen LogP contribution >= 0.6 is 11.6 Å². The fraction of sp³-hybridized carbons (Fsp3) is 0.500. The summed E-state index contributed by atoms with van der Waals surface area (Å²) in [5.41, 5.74) is 4.99. The van der Waals surface area contributed by atoms with Crippen LogP contribution in [0.3, 0.4) is 0 Å². The minimum absolute atomic E-state index is 0.309. The number of nitrogens with two attached hydrogens (primary N) is 1. The number of para-hydroxylation sites is 1. The molecule has 1 saturated heterocycles. The number of likely N-dealkylation sites (tertiary alicyclic amines) is 1. The van der Waals surface area contributed by atoms with Crippen LogP contribution in [0.4, 0.5) is 4.79 Å². The molecule has 2 atom stereocenters. The van der Waals surface area contributed by atoms with E-state index in [9.17, 15) is 9.59 Å². The monoisotopic (exact) mass is 339 g/mol. The third-order valence-electron chi connectivity index (χ3n) is 4.04. The molecule has 0 bridgehead atoms. The predicted octanol–water partition coefficient (Wildman–Crippen LogP) is 2.01. The topological polar surface area (TPSA) is 84.7 Å². The molecule has 1 aromatic rings. The Hall–Kier alpha value is -1.79. The number of hydrogen-bond donors (Lipinski definition) is 2. The molecule has 126 valence electrons. The van der Waals surface area contributed by atoms with Crippen LogP contribution in [0, 0.1) is 5.92 Å². The van der Waals surface area contributed by atoms with Crippen molar-refractivity contribution in [2.24, 2.45) is 11.7 Å². The summed E-state index contributed by atoms with van der Waals surface area (Å²) in [4.78, 5) is 24.7. The normalized spacial score (nSPS) is 19.8. The van der Waals surface area contributed by atoms with E-state index in [1.165, 1.54) is 0 Å². The van der Waals surface area contributed by atoms with Crippen LogP contribution in [0.15, 0.2) is 24.3 Å². The number of piperidine rings is 1. The molecule has 6 nitrogen and oxygen atoms in total. The lowest BCUT2D eigenvalue weighted by Crippen LogP contribution is -2.51. The lowest BCUT2D eigenvalue weighted by molar-refractivity contribution is -0.125. The average molecular weight is 340 g/mol. The summed E-state index contributed by atoms with van der Waals surface area (Å²) in [7, 11) is 0. The summed E-state index contributed by atoms with van der Waals surface area (Å²) in [5.74, 6) is 0.611. The number of imide groups is 1. The summed E-state index contributed by atoms with van der Waals surface area (Å²) in [6, 6.07) is 6.15. The highest BCUT2D eigenvalue weighted by atomic mass is 35.5. The summed E-state index contributed by atoms with van der Waals surface area (Å²) in [6.07, 6.45) is 2.01. The first-order valence-electron chi connectivity index (χ1n) is 7.69. The minimum Gasteiger partial charge on any atom is -0.492 e. The Kier molecular flexibility index (Phi) is 6.24. The number of rotatable bonds is 5. The summed E-state index contributed by atoms with van der Waals surface area (Å²) in [5, 5.41) is 2.72. The summed E-state index contributed by atoms with van der Waals surface area (Å²) >= 11 is 6.08. The number of ether oxygens (including phenoxy) is 1. The first kappa shape index (κ1) is 17.6. The second-order valence-corrected chi connectivity index (χ2v) is 6.18. The van der Waals surface area contributed by atoms with Gasteiger partial charge in [-0.05, 0) is 38.4 Å². The molecular weight excluding hydrogens is 318 g/mol. The standard InChI is InChI=1S/C16H22ClN3O3/c1-11(15(21)19-16(18)22)20-8-4-5-12(9-20)10-23-14-7-3-2-6-13(14)17/h2-3,6-7,11-12H,4-5,8-10H2,1H3,(H3,18,19,21,22). The largest absolute Gasteiger partial charge is 0.492 e. The molecule has 1 fully saturated rings. The van der Waals surface area contributed by atoms with Crippen molar-refractivity contribution in [3.8, 4) is 5.75 Å². The van der Waals surface area contributed by atoms with Crippen molar-refractivity contribution in [2.75, 3.05) is 19.7 Å². The fourth-order valence-electron chi connectivity index (χ4n) is 2.75. The van der Waals surface area contributed by atoms with Crippen molar-refractivity contribution in [3.05, 3.63) is 29.3 Å². The van der Waals surface area contributed by atoms with Gasteiger partial charge in [0, 0.05) is 12.5 Å². The fourth-order valence-corrected chi connectivity index (χ4v) is 2.94. The Labute approximate surface area is 140 Å². The average Bonchev–Trinajstić information content (AvgIpc) is 2.53. The van der Waals surface area contributed by atoms with Crippen molar-refractivity contribution >= 4 is 23.5 Å². The van der Waals surface area contributed by atoms with Gasteiger partial charge in [0.2, 0.25) is 5.91 Å². The smallest absolute Gasteiger partial charge is 0.318 e. The van der Waals surface area contributed by atoms with Crippen LogP contribution in [-0.4, -0.2) is 42.6 Å². The Balaban J connectivity index is 1.87. The summed E-state index contributed by atoms with van der Waals surface area (Å²) in [6.45, 7) is 3.87. The van der Waals surface area contributed by atoms with Crippen LogP contribution in [0.25, 0.3) is 0 Å². The molecule has 0 saturated carbocycles. The van der Waals surface area contributed by atoms with E-state index in [2.05, 4.69) is 5.32 Å². The van der Waals surface area contributed by atoms with E-state index in [0.29, 0.717) is 23.3 Å². The van der Waals surface area contributed by atoms with Gasteiger partial charge < -0.3 is 10.5 Å². The highest BCUT2D eigenvalue weighted by Gasteiger charge is 2.28. The lowest BCUT2D eigenvalue weighted by Gasteiger charge is -2.35. The van der Waals surface area contributed by atoms with Crippen LogP contribution in [0.2, 0.25) is 5.02 Å². The van der Waals surface area contributed by atoms with Gasteiger partial charge in [0.05, 0.1) is 17.7 Å². The molecule has 3 N–H and O–H groups in total. The first-order chi connectivity index (χ1) is 11.0. The Bertz CT molecular complexity index is 567. The third-order valence-corrected chi connectivity index (χ3v) is 4.35. The van der Waals surface area contributed by atoms with Crippen LogP contribution in [0.1, 0.15) is 19.8 Å². The van der Waals surface area contributed by atoms with Crippen molar-refractivity contribution in [3.63, 3.8) is 0 Å². The second-order valence-electron chi connectivity index (χ2n) is 5.77. The van der Waals surface area contributed by atoms with Gasteiger partial charge in [-0.2, -0.15) is 0 Å². The molecule has 0 spiro atoms. The van der Waals surface area contributed by atoms with Crippen LogP contribution in [-0.2, 0) is 4.79 Å². The SMILES string of the molecule is CC(C(=O)NC(N)=O)N1CCCC(COc2ccccc2Cl)C1. The van der Waals surface area contributed by atoms with E-state index in [-0.39, 0.29) is 5.91 Å². The Morgan fingerprint density at radius 2 is 2.22 bits per heavy atom.